The van der Waals surface area contributed by atoms with Crippen molar-refractivity contribution in [2.45, 2.75) is 19.6 Å². The topological polar surface area (TPSA) is 35.9 Å². The molecule has 0 aliphatic carbocycles. The number of hydrogen-bond donors (Lipinski definition) is 1. The van der Waals surface area contributed by atoms with Gasteiger partial charge in [0.1, 0.15) is 18.5 Å². The molecule has 28 heavy (non-hydrogen) atoms. The molecular formula is C21H29Cl3N2O2. The van der Waals surface area contributed by atoms with Gasteiger partial charge in [-0.05, 0) is 36.2 Å². The molecule has 1 aliphatic rings. The molecule has 1 unspecified atom stereocenters. The Kier molecular flexibility index (Phi) is 11.2. The highest BCUT2D eigenvalue weighted by atomic mass is 35.5. The Morgan fingerprint density at radius 3 is 2.21 bits per heavy atom. The number of benzene rings is 2. The largest absolute Gasteiger partial charge is 0.491 e. The third-order valence-electron chi connectivity index (χ3n) is 4.78. The van der Waals surface area contributed by atoms with Crippen LogP contribution in [0.2, 0.25) is 5.02 Å². The first-order valence-electron chi connectivity index (χ1n) is 9.16. The summed E-state index contributed by atoms with van der Waals surface area (Å²) in [4.78, 5) is 4.75. The number of nitrogens with zero attached hydrogens (tertiary/aromatic N) is 2. The molecule has 4 nitrogen and oxygen atoms in total. The molecule has 2 aromatic carbocycles. The van der Waals surface area contributed by atoms with Gasteiger partial charge in [-0.25, -0.2) is 0 Å². The lowest BCUT2D eigenvalue weighted by molar-refractivity contribution is 0.0445. The Labute approximate surface area is 185 Å². The van der Waals surface area contributed by atoms with Crippen LogP contribution in [0.25, 0.3) is 0 Å². The van der Waals surface area contributed by atoms with Gasteiger partial charge in [-0.1, -0.05) is 41.9 Å². The van der Waals surface area contributed by atoms with Crippen molar-refractivity contribution in [3.8, 4) is 5.75 Å². The van der Waals surface area contributed by atoms with Crippen LogP contribution in [0.4, 0.5) is 0 Å². The van der Waals surface area contributed by atoms with E-state index in [9.17, 15) is 5.11 Å². The number of piperazine rings is 1. The number of aliphatic hydroxyl groups excluding tert-OH is 1. The summed E-state index contributed by atoms with van der Waals surface area (Å²) in [5.74, 6) is 0.847. The van der Waals surface area contributed by atoms with E-state index in [1.54, 1.807) is 0 Å². The Bertz CT molecular complexity index is 692. The lowest BCUT2D eigenvalue weighted by Gasteiger charge is -2.35. The summed E-state index contributed by atoms with van der Waals surface area (Å²) in [7, 11) is 0. The van der Waals surface area contributed by atoms with Gasteiger partial charge >= 0.3 is 0 Å². The molecule has 3 rings (SSSR count). The molecule has 156 valence electrons. The highest BCUT2D eigenvalue weighted by Gasteiger charge is 2.19. The molecule has 1 aliphatic heterocycles. The van der Waals surface area contributed by atoms with E-state index in [0.29, 0.717) is 13.2 Å². The van der Waals surface area contributed by atoms with Gasteiger partial charge in [-0.2, -0.15) is 0 Å². The van der Waals surface area contributed by atoms with Gasteiger partial charge in [0.05, 0.1) is 0 Å². The van der Waals surface area contributed by atoms with Gasteiger partial charge in [-0.3, -0.25) is 9.80 Å². The maximum Gasteiger partial charge on any atom is 0.122 e. The predicted molar refractivity (Wildman–Crippen MR) is 120 cm³/mol. The van der Waals surface area contributed by atoms with E-state index in [0.717, 1.165) is 49.1 Å². The van der Waals surface area contributed by atoms with E-state index in [1.165, 1.54) is 5.56 Å². The fraction of sp³-hybridized carbons (Fsp3) is 0.429. The summed E-state index contributed by atoms with van der Waals surface area (Å²) >= 11 is 5.94. The first-order valence-corrected chi connectivity index (χ1v) is 9.53. The summed E-state index contributed by atoms with van der Waals surface area (Å²) in [5.41, 5.74) is 2.38. The Morgan fingerprint density at radius 1 is 0.964 bits per heavy atom. The zero-order chi connectivity index (χ0) is 18.4. The standard InChI is InChI=1S/C21H27ClN2O2.2ClH/c1-17-4-2-3-5-21(17)26-16-20(25)15-24-12-10-23(11-13-24)14-18-6-8-19(22)9-7-18;;/h2-9,20,25H,10-16H2,1H3;2*1H. The first kappa shape index (κ1) is 25.0. The minimum Gasteiger partial charge on any atom is -0.491 e. The Hall–Kier alpha value is -1.01. The molecule has 1 saturated heterocycles. The molecule has 1 N–H and O–H groups in total. The fourth-order valence-corrected chi connectivity index (χ4v) is 3.36. The molecule has 0 spiro atoms. The zero-order valence-electron chi connectivity index (χ0n) is 16.1. The van der Waals surface area contributed by atoms with Gasteiger partial charge in [-0.15, -0.1) is 24.8 Å². The normalized spacial score (nSPS) is 16.0. The van der Waals surface area contributed by atoms with E-state index < -0.39 is 6.10 Å². The van der Waals surface area contributed by atoms with E-state index in [2.05, 4.69) is 21.9 Å². The van der Waals surface area contributed by atoms with Crippen LogP contribution in [0.1, 0.15) is 11.1 Å². The van der Waals surface area contributed by atoms with Crippen LogP contribution in [0.15, 0.2) is 48.5 Å². The summed E-state index contributed by atoms with van der Waals surface area (Å²) < 4.78 is 5.75. The molecule has 1 fully saturated rings. The average Bonchev–Trinajstić information content (AvgIpc) is 2.64. The van der Waals surface area contributed by atoms with Gasteiger partial charge in [0.2, 0.25) is 0 Å². The summed E-state index contributed by atoms with van der Waals surface area (Å²) in [5, 5.41) is 11.1. The maximum atomic E-state index is 10.3. The number of ether oxygens (including phenoxy) is 1. The average molecular weight is 448 g/mol. The molecule has 2 aromatic rings. The molecule has 0 radical (unpaired) electrons. The van der Waals surface area contributed by atoms with E-state index in [-0.39, 0.29) is 24.8 Å². The quantitative estimate of drug-likeness (QED) is 0.694. The van der Waals surface area contributed by atoms with E-state index >= 15 is 0 Å². The molecular weight excluding hydrogens is 419 g/mol. The summed E-state index contributed by atoms with van der Waals surface area (Å²) in [6.45, 7) is 7.90. The molecule has 1 atom stereocenters. The van der Waals surface area contributed by atoms with Crippen molar-refractivity contribution in [2.75, 3.05) is 39.3 Å². The van der Waals surface area contributed by atoms with Crippen LogP contribution in [-0.4, -0.2) is 60.3 Å². The van der Waals surface area contributed by atoms with Crippen molar-refractivity contribution < 1.29 is 9.84 Å². The SMILES string of the molecule is Cc1ccccc1OCC(O)CN1CCN(Cc2ccc(Cl)cc2)CC1.Cl.Cl. The van der Waals surface area contributed by atoms with Crippen LogP contribution in [-0.2, 0) is 6.54 Å². The van der Waals surface area contributed by atoms with Gasteiger partial charge in [0.25, 0.3) is 0 Å². The second kappa shape index (κ2) is 12.5. The molecule has 0 amide bonds. The number of aliphatic hydroxyl groups is 1. The van der Waals surface area contributed by atoms with Crippen molar-refractivity contribution in [1.82, 2.24) is 9.80 Å². The predicted octanol–water partition coefficient (Wildman–Crippen LogP) is 4.05. The van der Waals surface area contributed by atoms with Crippen molar-refractivity contribution in [1.29, 1.82) is 0 Å². The first-order chi connectivity index (χ1) is 12.6. The van der Waals surface area contributed by atoms with Gasteiger partial charge in [0.15, 0.2) is 0 Å². The summed E-state index contributed by atoms with van der Waals surface area (Å²) in [6.07, 6.45) is -0.475. The lowest BCUT2D eigenvalue weighted by Crippen LogP contribution is -2.48. The van der Waals surface area contributed by atoms with Crippen LogP contribution < -0.4 is 4.74 Å². The summed E-state index contributed by atoms with van der Waals surface area (Å²) in [6, 6.07) is 16.0. The monoisotopic (exact) mass is 446 g/mol. The zero-order valence-corrected chi connectivity index (χ0v) is 18.5. The van der Waals surface area contributed by atoms with E-state index in [4.69, 9.17) is 16.3 Å². The minimum absolute atomic E-state index is 0. The van der Waals surface area contributed by atoms with Crippen LogP contribution in [0.5, 0.6) is 5.75 Å². The van der Waals surface area contributed by atoms with Crippen LogP contribution in [0, 0.1) is 6.92 Å². The highest BCUT2D eigenvalue weighted by Crippen LogP contribution is 2.17. The van der Waals surface area contributed by atoms with Gasteiger partial charge in [0, 0.05) is 44.3 Å². The Balaban J connectivity index is 0.00000196. The van der Waals surface area contributed by atoms with Crippen LogP contribution >= 0.6 is 36.4 Å². The smallest absolute Gasteiger partial charge is 0.122 e. The third-order valence-corrected chi connectivity index (χ3v) is 5.03. The number of halogens is 3. The van der Waals surface area contributed by atoms with E-state index in [1.807, 2.05) is 43.3 Å². The maximum absolute atomic E-state index is 10.3. The van der Waals surface area contributed by atoms with Crippen molar-refractivity contribution in [3.63, 3.8) is 0 Å². The number of rotatable bonds is 7. The third kappa shape index (κ3) is 7.78. The van der Waals surface area contributed by atoms with Crippen molar-refractivity contribution >= 4 is 36.4 Å². The Morgan fingerprint density at radius 2 is 1.57 bits per heavy atom. The fourth-order valence-electron chi connectivity index (χ4n) is 3.23. The van der Waals surface area contributed by atoms with Crippen LogP contribution in [0.3, 0.4) is 0 Å². The number of β-amino-alcohol motifs (C(OH)–C–C–N with tert-alkyl or cyclic N) is 1. The number of para-hydroxylation sites is 1. The second-order valence-corrected chi connectivity index (χ2v) is 7.37. The second-order valence-electron chi connectivity index (χ2n) is 6.93. The highest BCUT2D eigenvalue weighted by molar-refractivity contribution is 6.30. The van der Waals surface area contributed by atoms with Crippen molar-refractivity contribution in [3.05, 3.63) is 64.7 Å². The molecule has 7 heteroatoms. The lowest BCUT2D eigenvalue weighted by atomic mass is 10.2. The number of hydrogen-bond acceptors (Lipinski definition) is 4. The minimum atomic E-state index is -0.475. The van der Waals surface area contributed by atoms with Gasteiger partial charge < -0.3 is 9.84 Å². The molecule has 0 saturated carbocycles. The number of aryl methyl sites for hydroxylation is 1. The van der Waals surface area contributed by atoms with Crippen molar-refractivity contribution in [2.24, 2.45) is 0 Å². The molecule has 0 aromatic heterocycles. The molecule has 0 bridgehead atoms. The molecule has 1 heterocycles.